The monoisotopic (exact) mass is 425 g/mol. The number of nitriles is 1. The Hall–Kier alpha value is -4.11. The first kappa shape index (κ1) is 21.1. The Balaban J connectivity index is 1.70. The fourth-order valence-corrected chi connectivity index (χ4v) is 3.85. The Morgan fingerprint density at radius 1 is 1.09 bits per heavy atom. The molecule has 3 aromatic rings. The van der Waals surface area contributed by atoms with Gasteiger partial charge in [-0.3, -0.25) is 4.90 Å². The van der Waals surface area contributed by atoms with Crippen molar-refractivity contribution in [2.45, 2.75) is 20.0 Å². The van der Waals surface area contributed by atoms with E-state index < -0.39 is 5.97 Å². The van der Waals surface area contributed by atoms with E-state index in [0.717, 1.165) is 27.9 Å². The number of ether oxygens (including phenoxy) is 2. The number of hydrogen-bond donors (Lipinski definition) is 0. The summed E-state index contributed by atoms with van der Waals surface area (Å²) in [5, 5.41) is 9.39. The van der Waals surface area contributed by atoms with Crippen LogP contribution in [-0.2, 0) is 22.6 Å². The predicted octanol–water partition coefficient (Wildman–Crippen LogP) is 4.92. The molecule has 0 spiro atoms. The molecule has 160 valence electrons. The zero-order chi connectivity index (χ0) is 22.5. The van der Waals surface area contributed by atoms with E-state index in [1.165, 1.54) is 7.11 Å². The number of nitrogens with zero attached hydrogens (tertiary/aromatic N) is 3. The first-order valence-electron chi connectivity index (χ1n) is 10.4. The minimum absolute atomic E-state index is 0.395. The van der Waals surface area contributed by atoms with Crippen molar-refractivity contribution in [3.8, 4) is 17.2 Å². The molecule has 1 heterocycles. The van der Waals surface area contributed by atoms with Crippen molar-refractivity contribution < 1.29 is 14.3 Å². The van der Waals surface area contributed by atoms with Crippen molar-refractivity contribution >= 4 is 17.7 Å². The summed E-state index contributed by atoms with van der Waals surface area (Å²) in [6.07, 6.45) is 0. The van der Waals surface area contributed by atoms with Gasteiger partial charge in [-0.2, -0.15) is 5.26 Å². The van der Waals surface area contributed by atoms with Gasteiger partial charge in [0.25, 0.3) is 6.02 Å². The highest BCUT2D eigenvalue weighted by atomic mass is 16.5. The smallest absolute Gasteiger partial charge is 0.339 e. The molecule has 1 aliphatic rings. The van der Waals surface area contributed by atoms with Crippen LogP contribution in [-0.4, -0.2) is 25.7 Å². The number of benzene rings is 3. The van der Waals surface area contributed by atoms with Crippen LogP contribution in [0.4, 0.5) is 5.69 Å². The predicted molar refractivity (Wildman–Crippen MR) is 123 cm³/mol. The van der Waals surface area contributed by atoms with Crippen molar-refractivity contribution in [1.82, 2.24) is 0 Å². The quantitative estimate of drug-likeness (QED) is 0.542. The van der Waals surface area contributed by atoms with Crippen LogP contribution in [0.25, 0.3) is 11.1 Å². The molecule has 6 nitrogen and oxygen atoms in total. The van der Waals surface area contributed by atoms with Crippen LogP contribution in [0.2, 0.25) is 0 Å². The van der Waals surface area contributed by atoms with Gasteiger partial charge in [-0.1, -0.05) is 54.6 Å². The summed E-state index contributed by atoms with van der Waals surface area (Å²) in [6.45, 7) is 3.29. The number of anilines is 1. The van der Waals surface area contributed by atoms with Crippen LogP contribution in [0.1, 0.15) is 34.0 Å². The number of carbonyl (C=O) groups is 1. The second-order valence-corrected chi connectivity index (χ2v) is 7.28. The highest BCUT2D eigenvalue weighted by Crippen LogP contribution is 2.33. The number of rotatable bonds is 5. The molecular weight excluding hydrogens is 402 g/mol. The summed E-state index contributed by atoms with van der Waals surface area (Å²) in [7, 11) is 1.38. The second kappa shape index (κ2) is 9.36. The lowest BCUT2D eigenvalue weighted by molar-refractivity contribution is 0.0601. The van der Waals surface area contributed by atoms with Gasteiger partial charge in [-0.15, -0.1) is 0 Å². The number of hydrogen-bond acceptors (Lipinski definition) is 6. The Bertz CT molecular complexity index is 1210. The van der Waals surface area contributed by atoms with E-state index in [4.69, 9.17) is 9.47 Å². The van der Waals surface area contributed by atoms with E-state index in [9.17, 15) is 10.1 Å². The molecule has 0 saturated heterocycles. The van der Waals surface area contributed by atoms with Crippen molar-refractivity contribution in [3.63, 3.8) is 0 Å². The first-order chi connectivity index (χ1) is 15.7. The van der Waals surface area contributed by atoms with Gasteiger partial charge in [0.15, 0.2) is 0 Å². The van der Waals surface area contributed by atoms with Crippen molar-refractivity contribution in [2.75, 3.05) is 18.6 Å². The number of carbonyl (C=O) groups excluding carboxylic acids is 1. The number of amidine groups is 1. The third-order valence-corrected chi connectivity index (χ3v) is 5.34. The molecule has 0 aromatic heterocycles. The normalized spacial score (nSPS) is 12.4. The summed E-state index contributed by atoms with van der Waals surface area (Å²) >= 11 is 0. The summed E-state index contributed by atoms with van der Waals surface area (Å²) < 4.78 is 10.8. The van der Waals surface area contributed by atoms with Crippen LogP contribution >= 0.6 is 0 Å². The van der Waals surface area contributed by atoms with Gasteiger partial charge in [0, 0.05) is 0 Å². The number of esters is 1. The maximum absolute atomic E-state index is 12.5. The molecular formula is C26H23N3O3. The zero-order valence-corrected chi connectivity index (χ0v) is 18.0. The molecule has 0 unspecified atom stereocenters. The van der Waals surface area contributed by atoms with Crippen molar-refractivity contribution in [1.29, 1.82) is 5.26 Å². The lowest BCUT2D eigenvalue weighted by atomic mass is 9.99. The summed E-state index contributed by atoms with van der Waals surface area (Å²) in [6, 6.07) is 23.9. The first-order valence-corrected chi connectivity index (χ1v) is 10.4. The molecule has 0 aliphatic carbocycles. The van der Waals surface area contributed by atoms with E-state index in [0.29, 0.717) is 36.8 Å². The maximum atomic E-state index is 12.5. The molecule has 0 N–H and O–H groups in total. The van der Waals surface area contributed by atoms with Crippen molar-refractivity contribution in [2.24, 2.45) is 4.99 Å². The fourth-order valence-electron chi connectivity index (χ4n) is 3.85. The molecule has 1 aliphatic heterocycles. The van der Waals surface area contributed by atoms with Gasteiger partial charge in [0.1, 0.15) is 0 Å². The van der Waals surface area contributed by atoms with Gasteiger partial charge >= 0.3 is 5.97 Å². The van der Waals surface area contributed by atoms with E-state index in [1.54, 1.807) is 6.07 Å². The summed E-state index contributed by atoms with van der Waals surface area (Å²) in [5.41, 5.74) is 5.71. The molecule has 0 bridgehead atoms. The minimum Gasteiger partial charge on any atom is -0.465 e. The molecule has 0 atom stereocenters. The molecule has 32 heavy (non-hydrogen) atoms. The summed E-state index contributed by atoms with van der Waals surface area (Å²) in [4.78, 5) is 19.0. The zero-order valence-electron chi connectivity index (χ0n) is 18.0. The molecule has 6 heteroatoms. The van der Waals surface area contributed by atoms with Gasteiger partial charge < -0.3 is 9.47 Å². The summed E-state index contributed by atoms with van der Waals surface area (Å²) in [5.74, 6) is -0.395. The molecule has 3 aromatic carbocycles. The molecule has 0 saturated carbocycles. The molecule has 0 amide bonds. The third-order valence-electron chi connectivity index (χ3n) is 5.34. The lowest BCUT2D eigenvalue weighted by Gasteiger charge is -2.32. The van der Waals surface area contributed by atoms with Crippen molar-refractivity contribution in [3.05, 3.63) is 89.0 Å². The Kier molecular flexibility index (Phi) is 6.18. The Labute approximate surface area is 187 Å². The van der Waals surface area contributed by atoms with Crippen LogP contribution in [0.5, 0.6) is 0 Å². The third kappa shape index (κ3) is 4.06. The molecule has 4 rings (SSSR count). The molecule has 0 fully saturated rings. The van der Waals surface area contributed by atoms with Gasteiger partial charge in [-0.05, 0) is 41.3 Å². The largest absolute Gasteiger partial charge is 0.465 e. The fraction of sp³-hybridized carbons (Fsp3) is 0.192. The van der Waals surface area contributed by atoms with Gasteiger partial charge in [0.05, 0.1) is 49.7 Å². The highest BCUT2D eigenvalue weighted by molar-refractivity contribution is 6.04. The van der Waals surface area contributed by atoms with Crippen LogP contribution in [0, 0.1) is 11.3 Å². The number of para-hydroxylation sites is 1. The van der Waals surface area contributed by atoms with E-state index in [2.05, 4.69) is 11.1 Å². The van der Waals surface area contributed by atoms with Crippen LogP contribution < -0.4 is 4.90 Å². The topological polar surface area (TPSA) is 74.9 Å². The maximum Gasteiger partial charge on any atom is 0.339 e. The Morgan fingerprint density at radius 3 is 2.59 bits per heavy atom. The molecule has 0 radical (unpaired) electrons. The Morgan fingerprint density at radius 2 is 1.88 bits per heavy atom. The lowest BCUT2D eigenvalue weighted by Crippen LogP contribution is -2.37. The average molecular weight is 425 g/mol. The SMILES string of the molecule is CCOC1=NCc2cccc(C(=O)OC)c2N1Cc1ccc(-c2ccccc2C#N)cc1. The average Bonchev–Trinajstić information content (AvgIpc) is 2.85. The van der Waals surface area contributed by atoms with E-state index >= 15 is 0 Å². The standard InChI is InChI=1S/C26H23N3O3/c1-3-32-26-28-16-21-8-6-10-23(25(30)31-2)24(21)29(26)17-18-11-13-19(14-12-18)22-9-5-4-7-20(22)15-27/h4-14H,3,16-17H2,1-2H3. The van der Waals surface area contributed by atoms with Crippen LogP contribution in [0.3, 0.4) is 0 Å². The van der Waals surface area contributed by atoms with Gasteiger partial charge in [-0.25, -0.2) is 9.79 Å². The number of fused-ring (bicyclic) bond motifs is 1. The highest BCUT2D eigenvalue weighted by Gasteiger charge is 2.28. The number of aliphatic imine (C=N–C) groups is 1. The second-order valence-electron chi connectivity index (χ2n) is 7.28. The van der Waals surface area contributed by atoms with Crippen LogP contribution in [0.15, 0.2) is 71.7 Å². The minimum atomic E-state index is -0.395. The van der Waals surface area contributed by atoms with E-state index in [1.807, 2.05) is 72.5 Å². The van der Waals surface area contributed by atoms with E-state index in [-0.39, 0.29) is 0 Å². The number of methoxy groups -OCH3 is 1. The van der Waals surface area contributed by atoms with Gasteiger partial charge in [0.2, 0.25) is 0 Å².